The number of fused-ring (bicyclic) bond motifs is 1. The van der Waals surface area contributed by atoms with E-state index in [4.69, 9.17) is 11.6 Å². The van der Waals surface area contributed by atoms with E-state index in [1.165, 1.54) is 6.07 Å². The molecule has 2 aromatic carbocycles. The summed E-state index contributed by atoms with van der Waals surface area (Å²) in [6, 6.07) is 14.9. The van der Waals surface area contributed by atoms with Crippen LogP contribution in [0.3, 0.4) is 0 Å². The Kier molecular flexibility index (Phi) is 5.07. The Morgan fingerprint density at radius 2 is 1.86 bits per heavy atom. The topological polar surface area (TPSA) is 58.0 Å². The third-order valence-corrected chi connectivity index (χ3v) is 5.14. The van der Waals surface area contributed by atoms with Gasteiger partial charge in [-0.2, -0.15) is 0 Å². The minimum atomic E-state index is -0.760. The summed E-state index contributed by atoms with van der Waals surface area (Å²) in [5.41, 5.74) is 2.93. The third-order valence-electron chi connectivity index (χ3n) is 4.81. The van der Waals surface area contributed by atoms with E-state index in [0.717, 1.165) is 16.6 Å². The van der Waals surface area contributed by atoms with Gasteiger partial charge in [0.1, 0.15) is 22.9 Å². The number of benzene rings is 2. The number of anilines is 1. The maximum absolute atomic E-state index is 14.8. The molecule has 6 heteroatoms. The van der Waals surface area contributed by atoms with Crippen LogP contribution >= 0.6 is 11.6 Å². The van der Waals surface area contributed by atoms with Crippen molar-refractivity contribution in [1.82, 2.24) is 9.97 Å². The molecule has 146 valence electrons. The first-order valence-electron chi connectivity index (χ1n) is 9.16. The van der Waals surface area contributed by atoms with Gasteiger partial charge in [-0.25, -0.2) is 14.4 Å². The van der Waals surface area contributed by atoms with Gasteiger partial charge in [0.15, 0.2) is 0 Å². The quantitative estimate of drug-likeness (QED) is 0.439. The van der Waals surface area contributed by atoms with Gasteiger partial charge in [-0.05, 0) is 49.7 Å². The van der Waals surface area contributed by atoms with Crippen LogP contribution in [-0.2, 0) is 0 Å². The van der Waals surface area contributed by atoms with Gasteiger partial charge in [0.2, 0.25) is 0 Å². The average molecular weight is 408 g/mol. The highest BCUT2D eigenvalue weighted by Crippen LogP contribution is 2.39. The van der Waals surface area contributed by atoms with Crippen molar-refractivity contribution < 1.29 is 9.50 Å². The van der Waals surface area contributed by atoms with E-state index in [1.807, 2.05) is 44.2 Å². The van der Waals surface area contributed by atoms with Crippen molar-refractivity contribution in [2.45, 2.75) is 19.9 Å². The molecule has 0 fully saturated rings. The fourth-order valence-electron chi connectivity index (χ4n) is 3.37. The van der Waals surface area contributed by atoms with E-state index in [0.29, 0.717) is 16.9 Å². The van der Waals surface area contributed by atoms with Gasteiger partial charge in [0, 0.05) is 33.4 Å². The zero-order valence-corrected chi connectivity index (χ0v) is 16.7. The number of phenols is 1. The number of pyridine rings is 2. The maximum Gasteiger partial charge on any atom is 0.147 e. The molecule has 0 amide bonds. The predicted octanol–water partition coefficient (Wildman–Crippen LogP) is 5.95. The number of rotatable bonds is 4. The second-order valence-electron chi connectivity index (χ2n) is 6.96. The van der Waals surface area contributed by atoms with Gasteiger partial charge in [-0.3, -0.25) is 0 Å². The van der Waals surface area contributed by atoms with Crippen LogP contribution in [-0.4, -0.2) is 15.1 Å². The lowest BCUT2D eigenvalue weighted by Gasteiger charge is -2.23. The number of aryl methyl sites for hydroxylation is 2. The normalized spacial score (nSPS) is 12.1. The number of phenolic OH excluding ortho intramolecular Hbond substituents is 1. The second-order valence-corrected chi connectivity index (χ2v) is 7.37. The van der Waals surface area contributed by atoms with E-state index in [-0.39, 0.29) is 16.3 Å². The van der Waals surface area contributed by atoms with Crippen molar-refractivity contribution in [2.24, 2.45) is 0 Å². The molecule has 1 atom stereocenters. The molecule has 0 saturated carbocycles. The SMILES string of the molecule is Cc1ccnc(N[C@@H](c2ccc3ccc(C)nc3c2O)c2c(F)cccc2Cl)c1. The lowest BCUT2D eigenvalue weighted by Crippen LogP contribution is -2.16. The van der Waals surface area contributed by atoms with Crippen molar-refractivity contribution in [3.05, 3.63) is 94.0 Å². The Balaban J connectivity index is 1.93. The van der Waals surface area contributed by atoms with Crippen molar-refractivity contribution in [3.63, 3.8) is 0 Å². The molecule has 4 rings (SSSR count). The minimum Gasteiger partial charge on any atom is -0.505 e. The number of aromatic hydroxyl groups is 1. The summed E-state index contributed by atoms with van der Waals surface area (Å²) in [7, 11) is 0. The summed E-state index contributed by atoms with van der Waals surface area (Å²) in [5, 5.41) is 15.3. The van der Waals surface area contributed by atoms with E-state index < -0.39 is 11.9 Å². The van der Waals surface area contributed by atoms with Gasteiger partial charge >= 0.3 is 0 Å². The molecule has 2 heterocycles. The number of nitrogens with one attached hydrogen (secondary N) is 1. The standard InChI is InChI=1S/C23H19ClFN3O/c1-13-10-11-26-19(12-13)28-22(20-17(24)4-3-5-18(20)25)16-9-8-15-7-6-14(2)27-21(15)23(16)29/h3-12,22,29H,1-2H3,(H,26,28)/t22-/m0/s1. The molecule has 2 aromatic heterocycles. The molecule has 0 saturated heterocycles. The third kappa shape index (κ3) is 3.74. The number of hydrogen-bond donors (Lipinski definition) is 2. The molecule has 29 heavy (non-hydrogen) atoms. The van der Waals surface area contributed by atoms with Gasteiger partial charge in [0.05, 0.1) is 6.04 Å². The first kappa shape index (κ1) is 19.2. The van der Waals surface area contributed by atoms with Crippen molar-refractivity contribution in [2.75, 3.05) is 5.32 Å². The van der Waals surface area contributed by atoms with Crippen LogP contribution in [0.2, 0.25) is 5.02 Å². The van der Waals surface area contributed by atoms with E-state index in [9.17, 15) is 9.50 Å². The lowest BCUT2D eigenvalue weighted by atomic mass is 9.95. The smallest absolute Gasteiger partial charge is 0.147 e. The van der Waals surface area contributed by atoms with Crippen molar-refractivity contribution in [3.8, 4) is 5.75 Å². The second kappa shape index (κ2) is 7.68. The molecule has 0 bridgehead atoms. The Bertz CT molecular complexity index is 1190. The van der Waals surface area contributed by atoms with Crippen LogP contribution in [0.4, 0.5) is 10.2 Å². The van der Waals surface area contributed by atoms with Crippen LogP contribution in [0, 0.1) is 19.7 Å². The zero-order valence-electron chi connectivity index (χ0n) is 15.9. The Hall–Kier alpha value is -3.18. The highest BCUT2D eigenvalue weighted by Gasteiger charge is 2.25. The van der Waals surface area contributed by atoms with Gasteiger partial charge in [-0.1, -0.05) is 35.9 Å². The van der Waals surface area contributed by atoms with E-state index >= 15 is 0 Å². The summed E-state index contributed by atoms with van der Waals surface area (Å²) in [6.07, 6.45) is 1.67. The Morgan fingerprint density at radius 1 is 1.07 bits per heavy atom. The molecular weight excluding hydrogens is 389 g/mol. The van der Waals surface area contributed by atoms with Gasteiger partial charge in [-0.15, -0.1) is 0 Å². The molecule has 4 nitrogen and oxygen atoms in total. The molecule has 0 aliphatic rings. The number of nitrogens with zero attached hydrogens (tertiary/aromatic N) is 2. The molecule has 2 N–H and O–H groups in total. The van der Waals surface area contributed by atoms with Crippen LogP contribution in [0.5, 0.6) is 5.75 Å². The summed E-state index contributed by atoms with van der Waals surface area (Å²) in [4.78, 5) is 8.78. The fourth-order valence-corrected chi connectivity index (χ4v) is 3.65. The molecule has 4 aromatic rings. The summed E-state index contributed by atoms with van der Waals surface area (Å²) >= 11 is 6.37. The Labute approximate surface area is 173 Å². The largest absolute Gasteiger partial charge is 0.505 e. The lowest BCUT2D eigenvalue weighted by molar-refractivity contribution is 0.470. The van der Waals surface area contributed by atoms with Gasteiger partial charge < -0.3 is 10.4 Å². The van der Waals surface area contributed by atoms with Crippen molar-refractivity contribution >= 4 is 28.3 Å². The van der Waals surface area contributed by atoms with Crippen LogP contribution in [0.25, 0.3) is 10.9 Å². The first-order chi connectivity index (χ1) is 13.9. The van der Waals surface area contributed by atoms with Gasteiger partial charge in [0.25, 0.3) is 0 Å². The molecule has 0 unspecified atom stereocenters. The minimum absolute atomic E-state index is 0.0179. The van der Waals surface area contributed by atoms with Crippen molar-refractivity contribution in [1.29, 1.82) is 0 Å². The highest BCUT2D eigenvalue weighted by atomic mass is 35.5. The van der Waals surface area contributed by atoms with E-state index in [1.54, 1.807) is 24.4 Å². The number of hydrogen-bond acceptors (Lipinski definition) is 4. The summed E-state index contributed by atoms with van der Waals surface area (Å²) in [5.74, 6) is 0.0565. The maximum atomic E-state index is 14.8. The molecule has 0 aliphatic carbocycles. The molecule has 0 radical (unpaired) electrons. The predicted molar refractivity (Wildman–Crippen MR) is 114 cm³/mol. The van der Waals surface area contributed by atoms with Crippen LogP contribution < -0.4 is 5.32 Å². The summed E-state index contributed by atoms with van der Waals surface area (Å²) < 4.78 is 14.8. The van der Waals surface area contributed by atoms with E-state index in [2.05, 4.69) is 15.3 Å². The monoisotopic (exact) mass is 407 g/mol. The highest BCUT2D eigenvalue weighted by molar-refractivity contribution is 6.31. The molecule has 0 spiro atoms. The van der Waals surface area contributed by atoms with Crippen LogP contribution in [0.1, 0.15) is 28.4 Å². The first-order valence-corrected chi connectivity index (χ1v) is 9.54. The number of halogens is 2. The fraction of sp³-hybridized carbons (Fsp3) is 0.130. The average Bonchev–Trinajstić information content (AvgIpc) is 2.68. The Morgan fingerprint density at radius 3 is 2.62 bits per heavy atom. The number of aromatic nitrogens is 2. The van der Waals surface area contributed by atoms with Crippen LogP contribution in [0.15, 0.2) is 60.8 Å². The summed E-state index contributed by atoms with van der Waals surface area (Å²) in [6.45, 7) is 3.80. The molecule has 0 aliphatic heterocycles. The molecular formula is C23H19ClFN3O. The zero-order chi connectivity index (χ0) is 20.5.